The number of hydrogen-bond donors (Lipinski definition) is 2. The van der Waals surface area contributed by atoms with Gasteiger partial charge in [-0.2, -0.15) is 25.2 Å². The lowest BCUT2D eigenvalue weighted by Crippen LogP contribution is -2.40. The summed E-state index contributed by atoms with van der Waals surface area (Å²) in [7, 11) is 0. The van der Waals surface area contributed by atoms with E-state index in [0.717, 1.165) is 41.2 Å². The van der Waals surface area contributed by atoms with Gasteiger partial charge >= 0.3 is 0 Å². The van der Waals surface area contributed by atoms with Crippen molar-refractivity contribution in [1.29, 1.82) is 0 Å². The first-order valence-corrected chi connectivity index (χ1v) is 12.2. The Balaban J connectivity index is 1.24. The predicted molar refractivity (Wildman–Crippen MR) is 138 cm³/mol. The number of anilines is 1. The number of fused-ring (bicyclic) bond motifs is 1. The van der Waals surface area contributed by atoms with Crippen LogP contribution in [0.3, 0.4) is 0 Å². The van der Waals surface area contributed by atoms with Crippen LogP contribution in [-0.2, 0) is 11.3 Å². The second-order valence-electron chi connectivity index (χ2n) is 9.18. The number of rotatable bonds is 6. The summed E-state index contributed by atoms with van der Waals surface area (Å²) in [5.41, 5.74) is 6.31. The molecule has 1 saturated heterocycles. The van der Waals surface area contributed by atoms with Crippen molar-refractivity contribution in [1.82, 2.24) is 39.7 Å². The summed E-state index contributed by atoms with van der Waals surface area (Å²) in [6.45, 7) is 6.92. The van der Waals surface area contributed by atoms with E-state index in [4.69, 9.17) is 4.74 Å². The minimum atomic E-state index is -0.241. The van der Waals surface area contributed by atoms with Gasteiger partial charge in [0.1, 0.15) is 0 Å². The largest absolute Gasteiger partial charge is 0.374 e. The maximum absolute atomic E-state index is 13.3. The van der Waals surface area contributed by atoms with Gasteiger partial charge in [-0.1, -0.05) is 6.07 Å². The van der Waals surface area contributed by atoms with Crippen molar-refractivity contribution in [3.63, 3.8) is 0 Å². The molecule has 11 heteroatoms. The zero-order valence-corrected chi connectivity index (χ0v) is 20.6. The van der Waals surface area contributed by atoms with Crippen LogP contribution in [-0.4, -0.2) is 66.1 Å². The fraction of sp³-hybridized carbons (Fsp3) is 0.269. The molecule has 1 atom stereocenters. The Kier molecular flexibility index (Phi) is 5.99. The predicted octanol–water partition coefficient (Wildman–Crippen LogP) is 2.64. The molecule has 37 heavy (non-hydrogen) atoms. The molecule has 1 aliphatic rings. The molecule has 4 aromatic heterocycles. The van der Waals surface area contributed by atoms with Crippen molar-refractivity contribution < 1.29 is 9.53 Å². The molecule has 1 aliphatic heterocycles. The number of aryl methyl sites for hydroxylation is 2. The molecule has 2 N–H and O–H groups in total. The summed E-state index contributed by atoms with van der Waals surface area (Å²) in [5.74, 6) is -0.241. The Morgan fingerprint density at radius 2 is 2.03 bits per heavy atom. The van der Waals surface area contributed by atoms with Crippen LogP contribution in [0.15, 0.2) is 61.3 Å². The normalized spacial score (nSPS) is 15.8. The number of carbonyl (C=O) groups excluding carboxylic acids is 1. The molecule has 188 valence electrons. The summed E-state index contributed by atoms with van der Waals surface area (Å²) in [4.78, 5) is 14.9. The Morgan fingerprint density at radius 1 is 1.11 bits per heavy atom. The van der Waals surface area contributed by atoms with E-state index in [2.05, 4.69) is 31.0 Å². The quantitative estimate of drug-likeness (QED) is 0.370. The van der Waals surface area contributed by atoms with Crippen LogP contribution in [0, 0.1) is 13.8 Å². The molecule has 5 heterocycles. The van der Waals surface area contributed by atoms with Crippen molar-refractivity contribution in [2.45, 2.75) is 26.5 Å². The van der Waals surface area contributed by atoms with E-state index in [0.29, 0.717) is 29.9 Å². The topological polar surface area (TPSA) is 116 Å². The number of aromatic nitrogens is 7. The third-order valence-corrected chi connectivity index (χ3v) is 6.43. The van der Waals surface area contributed by atoms with Crippen LogP contribution in [0.4, 0.5) is 5.69 Å². The van der Waals surface area contributed by atoms with Crippen LogP contribution in [0.2, 0.25) is 0 Å². The minimum absolute atomic E-state index is 0.101. The van der Waals surface area contributed by atoms with Crippen LogP contribution < -0.4 is 10.6 Å². The molecular weight excluding hydrogens is 470 g/mol. The molecule has 6 rings (SSSR count). The number of ether oxygens (including phenoxy) is 1. The number of nitrogens with zero attached hydrogens (tertiary/aromatic N) is 7. The Morgan fingerprint density at radius 3 is 2.84 bits per heavy atom. The molecule has 0 unspecified atom stereocenters. The molecule has 0 bridgehead atoms. The van der Waals surface area contributed by atoms with Crippen molar-refractivity contribution >= 4 is 17.1 Å². The van der Waals surface area contributed by atoms with E-state index in [-0.39, 0.29) is 12.0 Å². The second kappa shape index (κ2) is 9.60. The molecule has 0 radical (unpaired) electrons. The fourth-order valence-electron chi connectivity index (χ4n) is 4.42. The number of amides is 1. The number of morpholine rings is 1. The van der Waals surface area contributed by atoms with Crippen molar-refractivity contribution in [2.24, 2.45) is 0 Å². The lowest BCUT2D eigenvalue weighted by molar-refractivity contribution is 0.0161. The summed E-state index contributed by atoms with van der Waals surface area (Å²) >= 11 is 0. The first-order chi connectivity index (χ1) is 18.0. The first-order valence-electron chi connectivity index (χ1n) is 12.2. The number of pyridine rings is 1. The van der Waals surface area contributed by atoms with E-state index < -0.39 is 0 Å². The Bertz CT molecular complexity index is 1580. The monoisotopic (exact) mass is 497 g/mol. The molecule has 5 aromatic rings. The Hall–Kier alpha value is -4.35. The van der Waals surface area contributed by atoms with Crippen molar-refractivity contribution in [3.8, 4) is 16.8 Å². The highest BCUT2D eigenvalue weighted by molar-refractivity contribution is 6.09. The third kappa shape index (κ3) is 4.74. The second-order valence-corrected chi connectivity index (χ2v) is 9.18. The van der Waals surface area contributed by atoms with E-state index in [1.807, 2.05) is 67.5 Å². The summed E-state index contributed by atoms with van der Waals surface area (Å²) in [6, 6.07) is 9.65. The zero-order valence-electron chi connectivity index (χ0n) is 20.6. The summed E-state index contributed by atoms with van der Waals surface area (Å²) in [6.07, 6.45) is 9.06. The molecule has 1 aromatic carbocycles. The van der Waals surface area contributed by atoms with Gasteiger partial charge in [-0.25, -0.2) is 4.52 Å². The summed E-state index contributed by atoms with van der Waals surface area (Å²) in [5, 5.41) is 23.9. The van der Waals surface area contributed by atoms with Crippen LogP contribution >= 0.6 is 0 Å². The standard InChI is InChI=1S/C26H27N9O2/c1-17-3-4-21(35-30-11-18(2)32-35)10-24(17)31-26(36)23-14-29-34-7-5-19(9-25(23)34)20-12-28-33(15-20)16-22-13-27-6-8-37-22/h3-5,7,9-12,14-15,22,27H,6,8,13,16H2,1-2H3,(H,31,36)/t22-/m1/s1. The maximum Gasteiger partial charge on any atom is 0.259 e. The molecule has 11 nitrogen and oxygen atoms in total. The van der Waals surface area contributed by atoms with Crippen LogP contribution in [0.25, 0.3) is 22.3 Å². The van der Waals surface area contributed by atoms with Crippen molar-refractivity contribution in [2.75, 3.05) is 25.0 Å². The lowest BCUT2D eigenvalue weighted by Gasteiger charge is -2.23. The maximum atomic E-state index is 13.3. The molecule has 1 amide bonds. The zero-order chi connectivity index (χ0) is 25.4. The van der Waals surface area contributed by atoms with Gasteiger partial charge < -0.3 is 15.4 Å². The highest BCUT2D eigenvalue weighted by atomic mass is 16.5. The lowest BCUT2D eigenvalue weighted by atomic mass is 10.1. The first kappa shape index (κ1) is 23.1. The third-order valence-electron chi connectivity index (χ3n) is 6.43. The minimum Gasteiger partial charge on any atom is -0.374 e. The van der Waals surface area contributed by atoms with Gasteiger partial charge in [0.05, 0.1) is 60.3 Å². The number of nitrogens with one attached hydrogen (secondary N) is 2. The molecule has 1 fully saturated rings. The van der Waals surface area contributed by atoms with Gasteiger partial charge in [0.15, 0.2) is 0 Å². The van der Waals surface area contributed by atoms with Gasteiger partial charge in [-0.15, -0.1) is 0 Å². The van der Waals surface area contributed by atoms with Crippen LogP contribution in [0.5, 0.6) is 0 Å². The molecular formula is C26H27N9O2. The molecule has 0 saturated carbocycles. The number of carbonyl (C=O) groups is 1. The van der Waals surface area contributed by atoms with Crippen molar-refractivity contribution in [3.05, 3.63) is 78.1 Å². The van der Waals surface area contributed by atoms with E-state index in [1.165, 1.54) is 0 Å². The smallest absolute Gasteiger partial charge is 0.259 e. The fourth-order valence-corrected chi connectivity index (χ4v) is 4.42. The average molecular weight is 498 g/mol. The SMILES string of the molecule is Cc1cnn(-c2ccc(C)c(NC(=O)c3cnn4ccc(-c5cnn(C[C@H]6CNCCO6)c5)cc34)c2)n1. The van der Waals surface area contributed by atoms with E-state index in [1.54, 1.807) is 21.7 Å². The number of hydrogen-bond acceptors (Lipinski definition) is 7. The Labute approximate surface area is 213 Å². The van der Waals surface area contributed by atoms with E-state index in [9.17, 15) is 4.79 Å². The van der Waals surface area contributed by atoms with E-state index >= 15 is 0 Å². The summed E-state index contributed by atoms with van der Waals surface area (Å²) < 4.78 is 9.38. The van der Waals surface area contributed by atoms with Gasteiger partial charge in [0, 0.05) is 36.7 Å². The highest BCUT2D eigenvalue weighted by Crippen LogP contribution is 2.24. The van der Waals surface area contributed by atoms with Gasteiger partial charge in [-0.3, -0.25) is 9.48 Å². The molecule has 0 spiro atoms. The highest BCUT2D eigenvalue weighted by Gasteiger charge is 2.17. The average Bonchev–Trinajstić information content (AvgIpc) is 3.65. The number of benzene rings is 1. The van der Waals surface area contributed by atoms with Crippen LogP contribution in [0.1, 0.15) is 21.6 Å². The van der Waals surface area contributed by atoms with Gasteiger partial charge in [0.2, 0.25) is 0 Å². The van der Waals surface area contributed by atoms with Gasteiger partial charge in [0.25, 0.3) is 5.91 Å². The molecule has 0 aliphatic carbocycles. The van der Waals surface area contributed by atoms with Gasteiger partial charge in [-0.05, 0) is 49.2 Å².